The molecule has 8 heteroatoms. The van der Waals surface area contributed by atoms with Crippen LogP contribution in [0.5, 0.6) is 0 Å². The molecule has 3 N–H and O–H groups in total. The third kappa shape index (κ3) is 4.45. The van der Waals surface area contributed by atoms with Crippen LogP contribution in [-0.4, -0.2) is 44.2 Å². The standard InChI is InChI=1S/C16H23N5O3/c1-12-18-15(14(20(12)2)16(24)17-7-11-22)19-13(23)6-5-10-21-8-3-4-9-21/h3-4,8-9,22H,5-7,10-11H2,1-2H3,(H,17,24)(H,19,23). The smallest absolute Gasteiger partial charge is 0.271 e. The van der Waals surface area contributed by atoms with Gasteiger partial charge >= 0.3 is 0 Å². The van der Waals surface area contributed by atoms with Crippen LogP contribution < -0.4 is 10.6 Å². The zero-order valence-corrected chi connectivity index (χ0v) is 14.0. The van der Waals surface area contributed by atoms with Gasteiger partial charge < -0.3 is 24.9 Å². The molecule has 0 aliphatic rings. The van der Waals surface area contributed by atoms with E-state index in [9.17, 15) is 9.59 Å². The van der Waals surface area contributed by atoms with E-state index in [2.05, 4.69) is 15.6 Å². The van der Waals surface area contributed by atoms with E-state index in [0.717, 1.165) is 6.54 Å². The molecule has 0 aliphatic heterocycles. The number of rotatable bonds is 8. The average Bonchev–Trinajstić information content (AvgIpc) is 3.14. The summed E-state index contributed by atoms with van der Waals surface area (Å²) < 4.78 is 3.62. The van der Waals surface area contributed by atoms with Crippen molar-refractivity contribution in [2.24, 2.45) is 7.05 Å². The van der Waals surface area contributed by atoms with E-state index in [1.54, 1.807) is 18.5 Å². The minimum atomic E-state index is -0.380. The molecule has 0 spiro atoms. The number of aliphatic hydroxyl groups is 1. The van der Waals surface area contributed by atoms with E-state index >= 15 is 0 Å². The van der Waals surface area contributed by atoms with Crippen molar-refractivity contribution in [1.82, 2.24) is 19.4 Å². The molecule has 0 unspecified atom stereocenters. The van der Waals surface area contributed by atoms with Crippen molar-refractivity contribution in [3.8, 4) is 0 Å². The number of aliphatic hydroxyl groups excluding tert-OH is 1. The van der Waals surface area contributed by atoms with Crippen molar-refractivity contribution in [1.29, 1.82) is 0 Å². The summed E-state index contributed by atoms with van der Waals surface area (Å²) in [6.07, 6.45) is 4.93. The summed E-state index contributed by atoms with van der Waals surface area (Å²) in [5, 5.41) is 14.1. The van der Waals surface area contributed by atoms with Crippen LogP contribution in [-0.2, 0) is 18.4 Å². The van der Waals surface area contributed by atoms with Crippen LogP contribution in [0.2, 0.25) is 0 Å². The minimum absolute atomic E-state index is 0.146. The number of anilines is 1. The summed E-state index contributed by atoms with van der Waals surface area (Å²) in [5.74, 6) is 0.300. The highest BCUT2D eigenvalue weighted by molar-refractivity contribution is 6.01. The Bertz CT molecular complexity index is 691. The van der Waals surface area contributed by atoms with Gasteiger partial charge in [-0.2, -0.15) is 0 Å². The molecule has 0 radical (unpaired) electrons. The molecule has 0 atom stereocenters. The molecule has 0 fully saturated rings. The number of aromatic nitrogens is 3. The molecule has 2 amide bonds. The van der Waals surface area contributed by atoms with Crippen LogP contribution >= 0.6 is 0 Å². The lowest BCUT2D eigenvalue weighted by molar-refractivity contribution is -0.116. The molecule has 0 bridgehead atoms. The number of hydrogen-bond donors (Lipinski definition) is 3. The zero-order valence-electron chi connectivity index (χ0n) is 14.0. The predicted octanol–water partition coefficient (Wildman–Crippen LogP) is 0.671. The van der Waals surface area contributed by atoms with Crippen LogP contribution in [0.4, 0.5) is 5.82 Å². The molecule has 8 nitrogen and oxygen atoms in total. The number of amides is 2. The first-order chi connectivity index (χ1) is 11.5. The fraction of sp³-hybridized carbons (Fsp3) is 0.438. The second-order valence-corrected chi connectivity index (χ2v) is 5.47. The van der Waals surface area contributed by atoms with Gasteiger partial charge in [0, 0.05) is 39.0 Å². The van der Waals surface area contributed by atoms with Crippen molar-refractivity contribution in [2.75, 3.05) is 18.5 Å². The first-order valence-corrected chi connectivity index (χ1v) is 7.86. The molecule has 0 saturated heterocycles. The van der Waals surface area contributed by atoms with Crippen LogP contribution in [0, 0.1) is 6.92 Å². The van der Waals surface area contributed by atoms with E-state index in [1.807, 2.05) is 29.1 Å². The first kappa shape index (κ1) is 17.7. The van der Waals surface area contributed by atoms with Crippen molar-refractivity contribution >= 4 is 17.6 Å². The van der Waals surface area contributed by atoms with Crippen LogP contribution in [0.15, 0.2) is 24.5 Å². The SMILES string of the molecule is Cc1nc(NC(=O)CCCn2cccc2)c(C(=O)NCCO)n1C. The van der Waals surface area contributed by atoms with Gasteiger partial charge in [-0.1, -0.05) is 0 Å². The Kier molecular flexibility index (Phi) is 6.14. The Balaban J connectivity index is 1.96. The molecule has 2 heterocycles. The fourth-order valence-electron chi connectivity index (χ4n) is 2.35. The van der Waals surface area contributed by atoms with Gasteiger partial charge in [-0.25, -0.2) is 4.98 Å². The Morgan fingerprint density at radius 2 is 2.00 bits per heavy atom. The Morgan fingerprint density at radius 3 is 2.67 bits per heavy atom. The summed E-state index contributed by atoms with van der Waals surface area (Å²) in [4.78, 5) is 28.5. The van der Waals surface area contributed by atoms with Gasteiger partial charge in [-0.15, -0.1) is 0 Å². The lowest BCUT2D eigenvalue weighted by atomic mass is 10.3. The Morgan fingerprint density at radius 1 is 1.29 bits per heavy atom. The zero-order chi connectivity index (χ0) is 17.5. The molecule has 0 saturated carbocycles. The number of nitrogens with zero attached hydrogens (tertiary/aromatic N) is 3. The van der Waals surface area contributed by atoms with Gasteiger partial charge in [0.25, 0.3) is 5.91 Å². The molecule has 2 aromatic heterocycles. The highest BCUT2D eigenvalue weighted by Gasteiger charge is 2.20. The van der Waals surface area contributed by atoms with Gasteiger partial charge in [-0.05, 0) is 25.5 Å². The number of nitrogens with one attached hydrogen (secondary N) is 2. The molecule has 2 aromatic rings. The summed E-state index contributed by atoms with van der Waals surface area (Å²) in [6.45, 7) is 2.51. The Hall–Kier alpha value is -2.61. The maximum Gasteiger partial charge on any atom is 0.271 e. The van der Waals surface area contributed by atoms with Crippen molar-refractivity contribution < 1.29 is 14.7 Å². The maximum atomic E-state index is 12.2. The van der Waals surface area contributed by atoms with Crippen molar-refractivity contribution in [3.05, 3.63) is 36.0 Å². The molecule has 0 aromatic carbocycles. The van der Waals surface area contributed by atoms with Gasteiger partial charge in [0.1, 0.15) is 5.82 Å². The van der Waals surface area contributed by atoms with Gasteiger partial charge in [0.15, 0.2) is 11.5 Å². The van der Waals surface area contributed by atoms with E-state index in [1.165, 1.54) is 0 Å². The fourth-order valence-corrected chi connectivity index (χ4v) is 2.35. The second-order valence-electron chi connectivity index (χ2n) is 5.47. The van der Waals surface area contributed by atoms with Crippen molar-refractivity contribution in [2.45, 2.75) is 26.3 Å². The normalized spacial score (nSPS) is 10.6. The third-order valence-electron chi connectivity index (χ3n) is 3.68. The largest absolute Gasteiger partial charge is 0.395 e. The number of aryl methyl sites for hydroxylation is 2. The molecule has 24 heavy (non-hydrogen) atoms. The number of imidazole rings is 1. The van der Waals surface area contributed by atoms with Gasteiger partial charge in [0.05, 0.1) is 6.61 Å². The minimum Gasteiger partial charge on any atom is -0.395 e. The Labute approximate surface area is 140 Å². The van der Waals surface area contributed by atoms with E-state index in [-0.39, 0.29) is 36.5 Å². The van der Waals surface area contributed by atoms with Crippen molar-refractivity contribution in [3.63, 3.8) is 0 Å². The number of carbonyl (C=O) groups excluding carboxylic acids is 2. The molecule has 130 valence electrons. The van der Waals surface area contributed by atoms with E-state index in [4.69, 9.17) is 5.11 Å². The van der Waals surface area contributed by atoms with Gasteiger partial charge in [-0.3, -0.25) is 9.59 Å². The number of hydrogen-bond acceptors (Lipinski definition) is 4. The van der Waals surface area contributed by atoms with Crippen LogP contribution in [0.1, 0.15) is 29.2 Å². The summed E-state index contributed by atoms with van der Waals surface area (Å²) in [7, 11) is 1.71. The van der Waals surface area contributed by atoms with E-state index < -0.39 is 0 Å². The maximum absolute atomic E-state index is 12.2. The molecule has 2 rings (SSSR count). The number of carbonyl (C=O) groups is 2. The van der Waals surface area contributed by atoms with Crippen LogP contribution in [0.25, 0.3) is 0 Å². The lowest BCUT2D eigenvalue weighted by Crippen LogP contribution is -2.29. The third-order valence-corrected chi connectivity index (χ3v) is 3.68. The topological polar surface area (TPSA) is 101 Å². The molecular formula is C16H23N5O3. The summed E-state index contributed by atoms with van der Waals surface area (Å²) in [5.41, 5.74) is 0.278. The average molecular weight is 333 g/mol. The quantitative estimate of drug-likeness (QED) is 0.661. The monoisotopic (exact) mass is 333 g/mol. The van der Waals surface area contributed by atoms with Crippen LogP contribution in [0.3, 0.4) is 0 Å². The molecule has 0 aliphatic carbocycles. The first-order valence-electron chi connectivity index (χ1n) is 7.86. The highest BCUT2D eigenvalue weighted by Crippen LogP contribution is 2.16. The summed E-state index contributed by atoms with van der Waals surface area (Å²) in [6, 6.07) is 3.88. The van der Waals surface area contributed by atoms with E-state index in [0.29, 0.717) is 18.7 Å². The summed E-state index contributed by atoms with van der Waals surface area (Å²) >= 11 is 0. The lowest BCUT2D eigenvalue weighted by Gasteiger charge is -2.08. The highest BCUT2D eigenvalue weighted by atomic mass is 16.3. The molecular weight excluding hydrogens is 310 g/mol. The van der Waals surface area contributed by atoms with Gasteiger partial charge in [0.2, 0.25) is 5.91 Å². The second kappa shape index (κ2) is 8.30. The predicted molar refractivity (Wildman–Crippen MR) is 89.7 cm³/mol.